The molecule has 0 atom stereocenters. The minimum absolute atomic E-state index is 0.923. The maximum absolute atomic E-state index is 4.55. The van der Waals surface area contributed by atoms with Crippen molar-refractivity contribution in [1.29, 1.82) is 0 Å². The summed E-state index contributed by atoms with van der Waals surface area (Å²) in [4.78, 5) is 11.6. The number of rotatable bonds is 2. The van der Waals surface area contributed by atoms with Crippen LogP contribution in [-0.4, -0.2) is 19.6 Å². The summed E-state index contributed by atoms with van der Waals surface area (Å²) in [6.07, 6.45) is 10.3. The lowest BCUT2D eigenvalue weighted by Gasteiger charge is -2.14. The van der Waals surface area contributed by atoms with Crippen LogP contribution in [0.4, 0.5) is 11.5 Å². The molecule has 0 unspecified atom stereocenters. The Kier molecular flexibility index (Phi) is 3.06. The number of thiophene rings is 1. The molecule has 0 radical (unpaired) electrons. The van der Waals surface area contributed by atoms with Gasteiger partial charge in [-0.25, -0.2) is 14.5 Å². The molecule has 0 aromatic carbocycles. The third-order valence-corrected chi connectivity index (χ3v) is 6.05. The van der Waals surface area contributed by atoms with Crippen LogP contribution < -0.4 is 5.32 Å². The summed E-state index contributed by atoms with van der Waals surface area (Å²) in [5.74, 6) is 0.923. The smallest absolute Gasteiger partial charge is 0.142 e. The maximum Gasteiger partial charge on any atom is 0.142 e. The van der Waals surface area contributed by atoms with Crippen LogP contribution in [0.3, 0.4) is 0 Å². The first-order valence-electron chi connectivity index (χ1n) is 8.26. The van der Waals surface area contributed by atoms with Crippen LogP contribution in [0.15, 0.2) is 30.9 Å². The highest BCUT2D eigenvalue weighted by Crippen LogP contribution is 2.39. The third kappa shape index (κ3) is 2.03. The molecule has 5 rings (SSSR count). The molecule has 0 aliphatic heterocycles. The number of hydrogen-bond donors (Lipinski definition) is 1. The molecule has 4 aromatic heterocycles. The summed E-state index contributed by atoms with van der Waals surface area (Å²) in [5.41, 5.74) is 4.80. The number of fused-ring (bicyclic) bond motifs is 4. The zero-order chi connectivity index (χ0) is 16.1. The number of anilines is 2. The number of nitrogens with one attached hydrogen (secondary N) is 1. The van der Waals surface area contributed by atoms with Crippen molar-refractivity contribution < 1.29 is 0 Å². The Bertz CT molecular complexity index is 1060. The van der Waals surface area contributed by atoms with E-state index in [0.717, 1.165) is 28.3 Å². The molecule has 0 amide bonds. The van der Waals surface area contributed by atoms with E-state index in [4.69, 9.17) is 0 Å². The summed E-state index contributed by atoms with van der Waals surface area (Å²) in [6, 6.07) is 4.09. The zero-order valence-electron chi connectivity index (χ0n) is 13.4. The maximum atomic E-state index is 4.55. The summed E-state index contributed by atoms with van der Waals surface area (Å²) < 4.78 is 1.89. The molecule has 24 heavy (non-hydrogen) atoms. The Labute approximate surface area is 143 Å². The van der Waals surface area contributed by atoms with Gasteiger partial charge in [0.15, 0.2) is 0 Å². The van der Waals surface area contributed by atoms with Gasteiger partial charge in [0.25, 0.3) is 0 Å². The number of nitrogens with zero attached hydrogens (tertiary/aromatic N) is 4. The van der Waals surface area contributed by atoms with Crippen molar-refractivity contribution >= 4 is 38.6 Å². The molecule has 0 fully saturated rings. The van der Waals surface area contributed by atoms with E-state index in [1.807, 2.05) is 34.3 Å². The van der Waals surface area contributed by atoms with Crippen molar-refractivity contribution in [2.45, 2.75) is 32.6 Å². The summed E-state index contributed by atoms with van der Waals surface area (Å²) in [5, 5.41) is 9.05. The molecular weight excluding hydrogens is 318 g/mol. The van der Waals surface area contributed by atoms with Crippen LogP contribution in [0.2, 0.25) is 0 Å². The molecule has 0 bridgehead atoms. The van der Waals surface area contributed by atoms with E-state index >= 15 is 0 Å². The standard InChI is InChI=1S/C18H17N5S/c1-11-13(7-9-23-14(11)6-8-21-23)22-17-16-12-4-2-3-5-15(12)24-18(16)20-10-19-17/h6-10H,2-5H2,1H3,(H,19,20,22). The fraction of sp³-hybridized carbons (Fsp3) is 0.278. The van der Waals surface area contributed by atoms with Gasteiger partial charge < -0.3 is 5.32 Å². The second-order valence-corrected chi connectivity index (χ2v) is 7.34. The molecule has 1 aliphatic carbocycles. The Morgan fingerprint density at radius 3 is 3.04 bits per heavy atom. The monoisotopic (exact) mass is 335 g/mol. The van der Waals surface area contributed by atoms with Gasteiger partial charge in [0.2, 0.25) is 0 Å². The van der Waals surface area contributed by atoms with Gasteiger partial charge in [-0.05, 0) is 55.9 Å². The molecule has 5 nitrogen and oxygen atoms in total. The van der Waals surface area contributed by atoms with Gasteiger partial charge in [0.1, 0.15) is 17.0 Å². The van der Waals surface area contributed by atoms with Crippen molar-refractivity contribution in [2.24, 2.45) is 0 Å². The Balaban J connectivity index is 1.66. The zero-order valence-corrected chi connectivity index (χ0v) is 14.2. The van der Waals surface area contributed by atoms with E-state index in [0.29, 0.717) is 0 Å². The molecule has 0 saturated carbocycles. The van der Waals surface area contributed by atoms with Gasteiger partial charge in [-0.1, -0.05) is 0 Å². The molecule has 4 heterocycles. The predicted molar refractivity (Wildman–Crippen MR) is 97.3 cm³/mol. The number of pyridine rings is 1. The lowest BCUT2D eigenvalue weighted by atomic mass is 9.97. The van der Waals surface area contributed by atoms with E-state index in [-0.39, 0.29) is 0 Å². The van der Waals surface area contributed by atoms with Crippen molar-refractivity contribution in [1.82, 2.24) is 19.6 Å². The van der Waals surface area contributed by atoms with Gasteiger partial charge in [0, 0.05) is 23.0 Å². The lowest BCUT2D eigenvalue weighted by Crippen LogP contribution is -2.02. The predicted octanol–water partition coefficient (Wildman–Crippen LogP) is 4.27. The van der Waals surface area contributed by atoms with E-state index in [9.17, 15) is 0 Å². The first-order chi connectivity index (χ1) is 11.8. The topological polar surface area (TPSA) is 55.1 Å². The van der Waals surface area contributed by atoms with E-state index < -0.39 is 0 Å². The molecule has 120 valence electrons. The van der Waals surface area contributed by atoms with Crippen molar-refractivity contribution in [3.8, 4) is 0 Å². The Hall–Kier alpha value is -2.47. The molecule has 4 aromatic rings. The SMILES string of the molecule is Cc1c(Nc2ncnc3sc4c(c23)CCCC4)ccn2nccc12. The highest BCUT2D eigenvalue weighted by molar-refractivity contribution is 7.19. The summed E-state index contributed by atoms with van der Waals surface area (Å²) in [7, 11) is 0. The quantitative estimate of drug-likeness (QED) is 0.594. The van der Waals surface area contributed by atoms with Gasteiger partial charge in [-0.3, -0.25) is 0 Å². The van der Waals surface area contributed by atoms with Crippen LogP contribution in [0.25, 0.3) is 15.7 Å². The highest BCUT2D eigenvalue weighted by atomic mass is 32.1. The van der Waals surface area contributed by atoms with Crippen LogP contribution in [0.5, 0.6) is 0 Å². The summed E-state index contributed by atoms with van der Waals surface area (Å²) >= 11 is 1.83. The molecule has 0 spiro atoms. The average molecular weight is 335 g/mol. The normalized spacial score (nSPS) is 14.2. The number of aryl methyl sites for hydroxylation is 3. The van der Waals surface area contributed by atoms with Gasteiger partial charge in [0.05, 0.1) is 10.9 Å². The lowest BCUT2D eigenvalue weighted by molar-refractivity contribution is 0.700. The van der Waals surface area contributed by atoms with Crippen molar-refractivity contribution in [3.05, 3.63) is 46.9 Å². The van der Waals surface area contributed by atoms with Crippen LogP contribution in [0, 0.1) is 6.92 Å². The fourth-order valence-electron chi connectivity index (χ4n) is 3.59. The minimum Gasteiger partial charge on any atom is -0.339 e. The fourth-order valence-corrected chi connectivity index (χ4v) is 4.81. The summed E-state index contributed by atoms with van der Waals surface area (Å²) in [6.45, 7) is 2.11. The Morgan fingerprint density at radius 2 is 2.08 bits per heavy atom. The van der Waals surface area contributed by atoms with Gasteiger partial charge >= 0.3 is 0 Å². The van der Waals surface area contributed by atoms with Crippen LogP contribution in [-0.2, 0) is 12.8 Å². The van der Waals surface area contributed by atoms with Crippen LogP contribution in [0.1, 0.15) is 28.8 Å². The molecule has 6 heteroatoms. The largest absolute Gasteiger partial charge is 0.339 e. The number of aromatic nitrogens is 4. The molecule has 1 N–H and O–H groups in total. The second kappa shape index (κ2) is 5.27. The van der Waals surface area contributed by atoms with Gasteiger partial charge in [-0.15, -0.1) is 11.3 Å². The van der Waals surface area contributed by atoms with Crippen molar-refractivity contribution in [3.63, 3.8) is 0 Å². The molecule has 0 saturated heterocycles. The third-order valence-electron chi connectivity index (χ3n) is 4.85. The van der Waals surface area contributed by atoms with Gasteiger partial charge in [-0.2, -0.15) is 5.10 Å². The number of hydrogen-bond acceptors (Lipinski definition) is 5. The highest BCUT2D eigenvalue weighted by Gasteiger charge is 2.20. The van der Waals surface area contributed by atoms with E-state index in [2.05, 4.69) is 33.4 Å². The average Bonchev–Trinajstić information content (AvgIpc) is 3.22. The van der Waals surface area contributed by atoms with E-state index in [1.165, 1.54) is 40.7 Å². The second-order valence-electron chi connectivity index (χ2n) is 6.25. The molecule has 1 aliphatic rings. The first kappa shape index (κ1) is 13.9. The van der Waals surface area contributed by atoms with Crippen molar-refractivity contribution in [2.75, 3.05) is 5.32 Å². The van der Waals surface area contributed by atoms with E-state index in [1.54, 1.807) is 6.33 Å². The first-order valence-corrected chi connectivity index (χ1v) is 9.08. The Morgan fingerprint density at radius 1 is 1.17 bits per heavy atom. The van der Waals surface area contributed by atoms with Crippen LogP contribution >= 0.6 is 11.3 Å². The molecular formula is C18H17N5S. The minimum atomic E-state index is 0.923.